The minimum atomic E-state index is 0. The fourth-order valence-electron chi connectivity index (χ4n) is 0. The van der Waals surface area contributed by atoms with E-state index in [1.54, 1.807) is 0 Å². The molecule has 0 spiro atoms. The Morgan fingerprint density at radius 1 is 1.00 bits per heavy atom. The summed E-state index contributed by atoms with van der Waals surface area (Å²) in [6.07, 6.45) is 0. The monoisotopic (exact) mass is 346 g/mol. The van der Waals surface area contributed by atoms with Crippen molar-refractivity contribution in [2.45, 2.75) is 0 Å². The molecular formula is H3BCoNiPW. The van der Waals surface area contributed by atoms with Gasteiger partial charge in [0, 0.05) is 62.7 Å². The predicted molar refractivity (Wildman–Crippen MR) is 16.9 cm³/mol. The van der Waals surface area contributed by atoms with Gasteiger partial charge < -0.3 is 0 Å². The van der Waals surface area contributed by atoms with E-state index in [1.165, 1.54) is 0 Å². The average Bonchev–Trinajstić information content (AvgIpc) is 0. The van der Waals surface area contributed by atoms with E-state index < -0.39 is 0 Å². The normalized spacial score (nSPS) is 0. The van der Waals surface area contributed by atoms with Gasteiger partial charge in [-0.25, -0.2) is 0 Å². The van der Waals surface area contributed by atoms with E-state index in [1.807, 2.05) is 0 Å². The van der Waals surface area contributed by atoms with Gasteiger partial charge in [-0.2, -0.15) is 9.90 Å². The van der Waals surface area contributed by atoms with Crippen LogP contribution in [-0.4, -0.2) is 8.41 Å². The smallest absolute Gasteiger partial charge is 0 e. The molecule has 0 aromatic carbocycles. The van der Waals surface area contributed by atoms with Gasteiger partial charge in [-0.15, -0.1) is 0 Å². The summed E-state index contributed by atoms with van der Waals surface area (Å²) in [6.45, 7) is 0. The van der Waals surface area contributed by atoms with Crippen LogP contribution in [0.25, 0.3) is 0 Å². The summed E-state index contributed by atoms with van der Waals surface area (Å²) >= 11 is 0. The quantitative estimate of drug-likeness (QED) is 0.416. The summed E-state index contributed by atoms with van der Waals surface area (Å²) in [4.78, 5) is 0. The molecule has 0 aliphatic carbocycles. The van der Waals surface area contributed by atoms with Crippen molar-refractivity contribution in [2.75, 3.05) is 0 Å². The van der Waals surface area contributed by atoms with Crippen LogP contribution in [-0.2, 0) is 54.3 Å². The fraction of sp³-hybridized carbons (Fsp3) is 0. The second-order valence-electron chi connectivity index (χ2n) is 0. The van der Waals surface area contributed by atoms with Crippen molar-refractivity contribution in [3.63, 3.8) is 0 Å². The molecule has 0 aliphatic heterocycles. The third-order valence-corrected chi connectivity index (χ3v) is 0. The van der Waals surface area contributed by atoms with Gasteiger partial charge >= 0.3 is 0 Å². The van der Waals surface area contributed by atoms with Crippen molar-refractivity contribution in [1.82, 2.24) is 0 Å². The molecule has 0 nitrogen and oxygen atoms in total. The molecule has 1 atom stereocenters. The minimum Gasteiger partial charge on any atom is -0.153 e. The number of hydrogen-bond acceptors (Lipinski definition) is 0. The van der Waals surface area contributed by atoms with Crippen LogP contribution in [0.4, 0.5) is 0 Å². The van der Waals surface area contributed by atoms with Crippen LogP contribution in [0.3, 0.4) is 0 Å². The Kier molecular flexibility index (Phi) is 402. The summed E-state index contributed by atoms with van der Waals surface area (Å²) in [7, 11) is 0. The maximum absolute atomic E-state index is 0. The minimum absolute atomic E-state index is 0. The van der Waals surface area contributed by atoms with Crippen LogP contribution >= 0.6 is 9.90 Å². The van der Waals surface area contributed by atoms with Crippen LogP contribution in [0.2, 0.25) is 0 Å². The Bertz CT molecular complexity index is 11.6. The largest absolute Gasteiger partial charge is 0.153 e. The third-order valence-electron chi connectivity index (χ3n) is 0. The van der Waals surface area contributed by atoms with Crippen molar-refractivity contribution in [3.05, 3.63) is 0 Å². The zero-order valence-electron chi connectivity index (χ0n) is 2.34. The van der Waals surface area contributed by atoms with E-state index in [9.17, 15) is 0 Å². The Morgan fingerprint density at radius 3 is 1.00 bits per heavy atom. The standard InChI is InChI=1S/B.Co.Ni.H3P.W/h;;;1H3;. The molecular weight excluding hydrogens is 343 g/mol. The first-order chi connectivity index (χ1) is 0. The zero-order chi connectivity index (χ0) is 0. The molecule has 0 bridgehead atoms. The molecule has 5 heavy (non-hydrogen) atoms. The summed E-state index contributed by atoms with van der Waals surface area (Å²) in [5, 5.41) is 0. The first-order valence-corrected chi connectivity index (χ1v) is 0. The van der Waals surface area contributed by atoms with E-state index in [0.29, 0.717) is 0 Å². The first kappa shape index (κ1) is 57.6. The van der Waals surface area contributed by atoms with Crippen LogP contribution < -0.4 is 0 Å². The molecule has 0 saturated carbocycles. The zero-order valence-corrected chi connectivity index (χ0v) is 8.72. The molecule has 0 heterocycles. The van der Waals surface area contributed by atoms with Crippen molar-refractivity contribution in [2.24, 2.45) is 0 Å². The molecule has 1 unspecified atom stereocenters. The van der Waals surface area contributed by atoms with Gasteiger partial charge in [-0.1, -0.05) is 0 Å². The van der Waals surface area contributed by atoms with E-state index in [0.717, 1.165) is 0 Å². The van der Waals surface area contributed by atoms with E-state index >= 15 is 0 Å². The van der Waals surface area contributed by atoms with Crippen LogP contribution in [0, 0.1) is 0 Å². The first-order valence-electron chi connectivity index (χ1n) is 0. The van der Waals surface area contributed by atoms with Gasteiger partial charge in [0.15, 0.2) is 0 Å². The molecule has 0 amide bonds. The van der Waals surface area contributed by atoms with Gasteiger partial charge in [0.1, 0.15) is 0 Å². The van der Waals surface area contributed by atoms with E-state index in [2.05, 4.69) is 0 Å². The Balaban J connectivity index is 0. The molecule has 5 heteroatoms. The molecule has 0 N–H and O–H groups in total. The molecule has 0 aliphatic rings. The predicted octanol–water partition coefficient (Wildman–Crippen LogP) is -0.330. The second-order valence-corrected chi connectivity index (χ2v) is 0. The Labute approximate surface area is 72.2 Å². The van der Waals surface area contributed by atoms with Gasteiger partial charge in [0.2, 0.25) is 0 Å². The summed E-state index contributed by atoms with van der Waals surface area (Å²) < 4.78 is 0. The summed E-state index contributed by atoms with van der Waals surface area (Å²) in [5.74, 6) is 0. The van der Waals surface area contributed by atoms with Gasteiger partial charge in [-0.05, 0) is 0 Å². The third kappa shape index (κ3) is 22.7. The maximum Gasteiger partial charge on any atom is 0 e. The molecule has 0 aromatic rings. The van der Waals surface area contributed by atoms with Crippen molar-refractivity contribution in [1.29, 1.82) is 0 Å². The molecule has 0 aromatic heterocycles. The van der Waals surface area contributed by atoms with Gasteiger partial charge in [0.25, 0.3) is 0 Å². The molecule has 36 valence electrons. The van der Waals surface area contributed by atoms with Crippen LogP contribution in [0.15, 0.2) is 0 Å². The van der Waals surface area contributed by atoms with Crippen molar-refractivity contribution in [3.8, 4) is 0 Å². The summed E-state index contributed by atoms with van der Waals surface area (Å²) in [5.41, 5.74) is 0. The average molecular weight is 346 g/mol. The summed E-state index contributed by atoms with van der Waals surface area (Å²) in [6, 6.07) is 0. The van der Waals surface area contributed by atoms with E-state index in [4.69, 9.17) is 0 Å². The van der Waals surface area contributed by atoms with Crippen LogP contribution in [0.1, 0.15) is 0 Å². The fourth-order valence-corrected chi connectivity index (χ4v) is 0. The van der Waals surface area contributed by atoms with Gasteiger partial charge in [0.05, 0.1) is 0 Å². The second kappa shape index (κ2) is 34.9. The molecule has 0 saturated heterocycles. The van der Waals surface area contributed by atoms with Gasteiger partial charge in [-0.3, -0.25) is 0 Å². The van der Waals surface area contributed by atoms with Crippen molar-refractivity contribution < 1.29 is 54.3 Å². The van der Waals surface area contributed by atoms with Crippen molar-refractivity contribution >= 4 is 18.3 Å². The molecule has 4 radical (unpaired) electrons. The number of hydrogen-bond donors (Lipinski definition) is 0. The SMILES string of the molecule is P.[B].[Co].[Ni].[W]. The Morgan fingerprint density at radius 2 is 1.00 bits per heavy atom. The molecule has 0 fully saturated rings. The Hall–Kier alpha value is 2.18. The van der Waals surface area contributed by atoms with Crippen LogP contribution in [0.5, 0.6) is 0 Å². The van der Waals surface area contributed by atoms with E-state index in [-0.39, 0.29) is 72.6 Å². The maximum atomic E-state index is 0. The number of rotatable bonds is 0. The topological polar surface area (TPSA) is 0 Å². The molecule has 0 rings (SSSR count).